The van der Waals surface area contributed by atoms with Crippen LogP contribution >= 0.6 is 23.4 Å². The van der Waals surface area contributed by atoms with Crippen molar-refractivity contribution in [1.82, 2.24) is 0 Å². The fourth-order valence-corrected chi connectivity index (χ4v) is 2.94. The molecule has 0 atom stereocenters. The van der Waals surface area contributed by atoms with Crippen LogP contribution in [0.25, 0.3) is 0 Å². The zero-order chi connectivity index (χ0) is 18.1. The first-order valence-electron chi connectivity index (χ1n) is 7.41. The lowest BCUT2D eigenvalue weighted by Crippen LogP contribution is -2.21. The number of rotatable bonds is 7. The molecular weight excluding hydrogens is 360 g/mol. The molecule has 5 nitrogen and oxygen atoms in total. The molecule has 0 aliphatic carbocycles. The maximum Gasteiger partial charge on any atom is 0.307 e. The molecule has 0 aliphatic heterocycles. The van der Waals surface area contributed by atoms with Crippen molar-refractivity contribution in [3.8, 4) is 6.07 Å². The van der Waals surface area contributed by atoms with Crippen LogP contribution in [0.4, 0.5) is 5.69 Å². The predicted molar refractivity (Wildman–Crippen MR) is 97.5 cm³/mol. The van der Waals surface area contributed by atoms with Gasteiger partial charge in [-0.15, -0.1) is 11.8 Å². The summed E-state index contributed by atoms with van der Waals surface area (Å²) in [6, 6.07) is 16.2. The number of amides is 1. The molecular formula is C18H15ClN2O3S. The molecule has 0 saturated heterocycles. The van der Waals surface area contributed by atoms with E-state index in [4.69, 9.17) is 21.6 Å². The highest BCUT2D eigenvalue weighted by Crippen LogP contribution is 2.20. The predicted octanol–water partition coefficient (Wildman–Crippen LogP) is 3.88. The molecule has 0 bridgehead atoms. The van der Waals surface area contributed by atoms with Gasteiger partial charge in [-0.3, -0.25) is 9.59 Å². The second kappa shape index (κ2) is 9.72. The molecule has 0 fully saturated rings. The average molecular weight is 375 g/mol. The first kappa shape index (κ1) is 18.8. The number of thioether (sulfide) groups is 1. The summed E-state index contributed by atoms with van der Waals surface area (Å²) in [5.41, 5.74) is 0.756. The lowest BCUT2D eigenvalue weighted by Gasteiger charge is -2.07. The first-order chi connectivity index (χ1) is 12.1. The van der Waals surface area contributed by atoms with Crippen molar-refractivity contribution in [2.45, 2.75) is 11.3 Å². The fourth-order valence-electron chi connectivity index (χ4n) is 1.87. The molecule has 0 unspecified atom stereocenters. The molecule has 2 aromatic rings. The second-order valence-electron chi connectivity index (χ2n) is 4.93. The summed E-state index contributed by atoms with van der Waals surface area (Å²) < 4.78 is 4.94. The van der Waals surface area contributed by atoms with E-state index in [1.165, 1.54) is 12.1 Å². The molecule has 2 rings (SSSR count). The largest absolute Gasteiger partial charge is 0.456 e. The van der Waals surface area contributed by atoms with E-state index >= 15 is 0 Å². The number of carbonyl (C=O) groups is 2. The topological polar surface area (TPSA) is 79.2 Å². The highest BCUT2D eigenvalue weighted by atomic mass is 35.5. The van der Waals surface area contributed by atoms with E-state index in [0.29, 0.717) is 17.0 Å². The van der Waals surface area contributed by atoms with Gasteiger partial charge < -0.3 is 10.1 Å². The zero-order valence-electron chi connectivity index (χ0n) is 13.2. The maximum absolute atomic E-state index is 11.8. The molecule has 2 aromatic carbocycles. The highest BCUT2D eigenvalue weighted by Gasteiger charge is 2.09. The Morgan fingerprint density at radius 3 is 2.64 bits per heavy atom. The van der Waals surface area contributed by atoms with Gasteiger partial charge in [-0.05, 0) is 30.3 Å². The third-order valence-electron chi connectivity index (χ3n) is 3.06. The first-order valence-corrected chi connectivity index (χ1v) is 8.78. The van der Waals surface area contributed by atoms with Crippen LogP contribution in [0, 0.1) is 11.3 Å². The lowest BCUT2D eigenvalue weighted by molar-refractivity contribution is -0.146. The van der Waals surface area contributed by atoms with Gasteiger partial charge in [0.2, 0.25) is 0 Å². The molecule has 0 aliphatic rings. The third kappa shape index (κ3) is 6.49. The molecule has 7 heteroatoms. The SMILES string of the molecule is N#Cc1ccc(NC(=O)COC(=O)CCSc2ccccc2)cc1Cl. The molecule has 1 amide bonds. The summed E-state index contributed by atoms with van der Waals surface area (Å²) in [7, 11) is 0. The number of benzene rings is 2. The van der Waals surface area contributed by atoms with E-state index in [0.717, 1.165) is 4.90 Å². The molecule has 0 spiro atoms. The minimum absolute atomic E-state index is 0.218. The van der Waals surface area contributed by atoms with Crippen LogP contribution in [0.2, 0.25) is 5.02 Å². The van der Waals surface area contributed by atoms with Crippen LogP contribution < -0.4 is 5.32 Å². The minimum Gasteiger partial charge on any atom is -0.456 e. The summed E-state index contributed by atoms with van der Waals surface area (Å²) >= 11 is 7.44. The van der Waals surface area contributed by atoms with Gasteiger partial charge in [-0.2, -0.15) is 5.26 Å². The summed E-state index contributed by atoms with van der Waals surface area (Å²) in [4.78, 5) is 24.5. The molecule has 0 radical (unpaired) electrons. The summed E-state index contributed by atoms with van der Waals surface area (Å²) in [6.07, 6.45) is 0.218. The number of halogens is 1. The number of nitrogens with one attached hydrogen (secondary N) is 1. The van der Waals surface area contributed by atoms with E-state index in [9.17, 15) is 9.59 Å². The smallest absolute Gasteiger partial charge is 0.307 e. The Balaban J connectivity index is 1.69. The minimum atomic E-state index is -0.468. The van der Waals surface area contributed by atoms with Crippen LogP contribution in [0.5, 0.6) is 0 Å². The molecule has 0 saturated carbocycles. The van der Waals surface area contributed by atoms with Crippen molar-refractivity contribution in [3.63, 3.8) is 0 Å². The van der Waals surface area contributed by atoms with Crippen molar-refractivity contribution in [2.75, 3.05) is 17.7 Å². The van der Waals surface area contributed by atoms with Crippen molar-refractivity contribution in [1.29, 1.82) is 5.26 Å². The Morgan fingerprint density at radius 1 is 1.20 bits per heavy atom. The van der Waals surface area contributed by atoms with Crippen molar-refractivity contribution >= 4 is 40.9 Å². The quantitative estimate of drug-likeness (QED) is 0.587. The van der Waals surface area contributed by atoms with E-state index in [2.05, 4.69) is 5.32 Å². The van der Waals surface area contributed by atoms with Gasteiger partial charge in [0.1, 0.15) is 6.07 Å². The van der Waals surface area contributed by atoms with Gasteiger partial charge in [0.15, 0.2) is 6.61 Å². The number of anilines is 1. The Morgan fingerprint density at radius 2 is 1.96 bits per heavy atom. The molecule has 25 heavy (non-hydrogen) atoms. The average Bonchev–Trinajstić information content (AvgIpc) is 2.61. The number of carbonyl (C=O) groups excluding carboxylic acids is 2. The van der Waals surface area contributed by atoms with Gasteiger partial charge in [-0.25, -0.2) is 0 Å². The fraction of sp³-hybridized carbons (Fsp3) is 0.167. The molecule has 1 N–H and O–H groups in total. The van der Waals surface area contributed by atoms with Gasteiger partial charge in [-0.1, -0.05) is 29.8 Å². The van der Waals surface area contributed by atoms with E-state index in [1.54, 1.807) is 17.8 Å². The highest BCUT2D eigenvalue weighted by molar-refractivity contribution is 7.99. The van der Waals surface area contributed by atoms with Crippen molar-refractivity contribution in [3.05, 3.63) is 59.1 Å². The summed E-state index contributed by atoms with van der Waals surface area (Å²) in [6.45, 7) is -0.369. The Bertz CT molecular complexity index is 791. The number of esters is 1. The number of hydrogen-bond acceptors (Lipinski definition) is 5. The molecule has 0 aromatic heterocycles. The maximum atomic E-state index is 11.8. The third-order valence-corrected chi connectivity index (χ3v) is 4.38. The number of nitriles is 1. The van der Waals surface area contributed by atoms with Crippen LogP contribution in [-0.4, -0.2) is 24.2 Å². The van der Waals surface area contributed by atoms with Crippen molar-refractivity contribution < 1.29 is 14.3 Å². The number of hydrogen-bond donors (Lipinski definition) is 1. The van der Waals surface area contributed by atoms with E-state index < -0.39 is 11.9 Å². The van der Waals surface area contributed by atoms with Crippen LogP contribution in [0.3, 0.4) is 0 Å². The van der Waals surface area contributed by atoms with Crippen molar-refractivity contribution in [2.24, 2.45) is 0 Å². The Kier molecular flexibility index (Phi) is 7.33. The van der Waals surface area contributed by atoms with E-state index in [1.807, 2.05) is 36.4 Å². The zero-order valence-corrected chi connectivity index (χ0v) is 14.8. The Labute approximate surface area is 154 Å². The summed E-state index contributed by atoms with van der Waals surface area (Å²) in [5.74, 6) is -0.323. The Hall–Kier alpha value is -2.49. The standard InChI is InChI=1S/C18H15ClN2O3S/c19-16-10-14(7-6-13(16)11-20)21-17(22)12-24-18(23)8-9-25-15-4-2-1-3-5-15/h1-7,10H,8-9,12H2,(H,21,22). The number of ether oxygens (including phenoxy) is 1. The van der Waals surface area contributed by atoms with Gasteiger partial charge in [0.05, 0.1) is 17.0 Å². The van der Waals surface area contributed by atoms with E-state index in [-0.39, 0.29) is 18.1 Å². The monoisotopic (exact) mass is 374 g/mol. The van der Waals surface area contributed by atoms with Gasteiger partial charge in [0.25, 0.3) is 5.91 Å². The summed E-state index contributed by atoms with van der Waals surface area (Å²) in [5, 5.41) is 11.6. The van der Waals surface area contributed by atoms with Crippen LogP contribution in [0.1, 0.15) is 12.0 Å². The van der Waals surface area contributed by atoms with Crippen LogP contribution in [0.15, 0.2) is 53.4 Å². The second-order valence-corrected chi connectivity index (χ2v) is 6.50. The number of nitrogens with zero attached hydrogens (tertiary/aromatic N) is 1. The van der Waals surface area contributed by atoms with Gasteiger partial charge in [0, 0.05) is 16.3 Å². The molecule has 0 heterocycles. The van der Waals surface area contributed by atoms with Crippen LogP contribution in [-0.2, 0) is 14.3 Å². The van der Waals surface area contributed by atoms with Gasteiger partial charge >= 0.3 is 5.97 Å². The lowest BCUT2D eigenvalue weighted by atomic mass is 10.2. The normalized spacial score (nSPS) is 9.92. The molecule has 128 valence electrons.